The van der Waals surface area contributed by atoms with Gasteiger partial charge in [0.2, 0.25) is 0 Å². The summed E-state index contributed by atoms with van der Waals surface area (Å²) in [6.07, 6.45) is -1.14. The minimum atomic E-state index is -4.32. The molecule has 0 saturated heterocycles. The van der Waals surface area contributed by atoms with Gasteiger partial charge >= 0.3 is 6.18 Å². The summed E-state index contributed by atoms with van der Waals surface area (Å²) in [5, 5.41) is 3.88. The number of benzene rings is 1. The Balaban J connectivity index is 0.00000128. The van der Waals surface area contributed by atoms with Gasteiger partial charge in [-0.2, -0.15) is 36.5 Å². The monoisotopic (exact) mass is 406 g/mol. The van der Waals surface area contributed by atoms with Crippen LogP contribution in [0.25, 0.3) is 5.69 Å². The molecule has 0 aliphatic rings. The summed E-state index contributed by atoms with van der Waals surface area (Å²) in [5.74, 6) is 0. The van der Waals surface area contributed by atoms with Crippen molar-refractivity contribution in [3.05, 3.63) is 48.3 Å². The predicted molar refractivity (Wildman–Crippen MR) is 47.4 cm³/mol. The fourth-order valence-corrected chi connectivity index (χ4v) is 1.15. The molecule has 0 fully saturated rings. The molecule has 0 atom stereocenters. The van der Waals surface area contributed by atoms with Crippen LogP contribution in [-0.2, 0) is 27.2 Å². The number of halogens is 3. The van der Waals surface area contributed by atoms with E-state index < -0.39 is 11.7 Å². The van der Waals surface area contributed by atoms with E-state index in [0.29, 0.717) is 5.69 Å². The number of nitrogens with zero attached hydrogens (tertiary/aromatic N) is 2. The summed E-state index contributed by atoms with van der Waals surface area (Å²) < 4.78 is 38.1. The fourth-order valence-electron chi connectivity index (χ4n) is 1.15. The van der Waals surface area contributed by atoms with Gasteiger partial charge in [0.25, 0.3) is 0 Å². The quantitative estimate of drug-likeness (QED) is 0.667. The van der Waals surface area contributed by atoms with E-state index in [2.05, 4.69) is 11.2 Å². The molecule has 0 unspecified atom stereocenters. The minimum Gasteiger partial charge on any atom is -0.266 e. The third-order valence-corrected chi connectivity index (χ3v) is 1.87. The minimum absolute atomic E-state index is 0. The largest absolute Gasteiger partial charge is 0.370 e. The van der Waals surface area contributed by atoms with Crippen molar-refractivity contribution in [1.29, 1.82) is 0 Å². The van der Waals surface area contributed by atoms with Crippen molar-refractivity contribution < 1.29 is 34.2 Å². The molecule has 1 aromatic heterocycles. The first-order valence-electron chi connectivity index (χ1n) is 4.16. The summed E-state index contributed by atoms with van der Waals surface area (Å²) in [5.41, 5.74) is -0.230. The molecule has 1 heterocycles. The summed E-state index contributed by atoms with van der Waals surface area (Å²) in [7, 11) is 0. The molecular formula is C10H6F3N2Pt-. The molecule has 0 amide bonds. The molecule has 6 heteroatoms. The molecule has 0 bridgehead atoms. The van der Waals surface area contributed by atoms with Crippen molar-refractivity contribution in [1.82, 2.24) is 9.78 Å². The van der Waals surface area contributed by atoms with Crippen LogP contribution in [0.1, 0.15) is 5.56 Å². The van der Waals surface area contributed by atoms with Gasteiger partial charge in [-0.25, -0.2) is 0 Å². The smallest absolute Gasteiger partial charge is 0.266 e. The molecule has 0 spiro atoms. The van der Waals surface area contributed by atoms with E-state index >= 15 is 0 Å². The maximum absolute atomic E-state index is 12.2. The molecule has 0 N–H and O–H groups in total. The van der Waals surface area contributed by atoms with Gasteiger partial charge in [0, 0.05) is 33.5 Å². The maximum atomic E-state index is 12.2. The summed E-state index contributed by atoms with van der Waals surface area (Å²) in [4.78, 5) is 0. The molecular weight excluding hydrogens is 400 g/mol. The third-order valence-electron chi connectivity index (χ3n) is 1.87. The van der Waals surface area contributed by atoms with Gasteiger partial charge in [0.1, 0.15) is 0 Å². The molecule has 88 valence electrons. The summed E-state index contributed by atoms with van der Waals surface area (Å²) >= 11 is 0. The molecule has 0 aliphatic carbocycles. The van der Waals surface area contributed by atoms with Crippen LogP contribution in [0.4, 0.5) is 13.2 Å². The molecule has 0 radical (unpaired) electrons. The average molecular weight is 406 g/mol. The second-order valence-electron chi connectivity index (χ2n) is 2.91. The zero-order valence-electron chi connectivity index (χ0n) is 7.81. The van der Waals surface area contributed by atoms with Crippen molar-refractivity contribution >= 4 is 0 Å². The van der Waals surface area contributed by atoms with E-state index in [9.17, 15) is 13.2 Å². The standard InChI is InChI=1S/C10H6F3N2.Pt/c11-10(12,13)8-2-4-9(5-3-8)15-7-1-6-14-15;/h1-4,6-7H;/q-1;. The third kappa shape index (κ3) is 2.73. The van der Waals surface area contributed by atoms with Gasteiger partial charge in [0.05, 0.1) is 0 Å². The topological polar surface area (TPSA) is 17.8 Å². The maximum Gasteiger partial charge on any atom is 0.370 e. The molecule has 1 aromatic carbocycles. The molecule has 2 aromatic rings. The normalized spacial score (nSPS) is 10.9. The van der Waals surface area contributed by atoms with E-state index in [1.165, 1.54) is 10.7 Å². The number of aromatic nitrogens is 2. The number of alkyl halides is 3. The van der Waals surface area contributed by atoms with Crippen LogP contribution in [0, 0.1) is 6.07 Å². The molecule has 16 heavy (non-hydrogen) atoms. The van der Waals surface area contributed by atoms with Crippen LogP contribution in [0.5, 0.6) is 0 Å². The van der Waals surface area contributed by atoms with Gasteiger partial charge in [-0.15, -0.1) is 6.07 Å². The Hall–Kier alpha value is -1.09. The first-order chi connectivity index (χ1) is 7.07. The zero-order valence-corrected chi connectivity index (χ0v) is 10.1. The molecule has 2 rings (SSSR count). The van der Waals surface area contributed by atoms with E-state index in [4.69, 9.17) is 0 Å². The predicted octanol–water partition coefficient (Wildman–Crippen LogP) is 2.69. The van der Waals surface area contributed by atoms with Gasteiger partial charge < -0.3 is 0 Å². The van der Waals surface area contributed by atoms with Gasteiger partial charge in [-0.3, -0.25) is 4.68 Å². The van der Waals surface area contributed by atoms with Gasteiger partial charge in [0.15, 0.2) is 0 Å². The van der Waals surface area contributed by atoms with E-state index in [0.717, 1.165) is 12.1 Å². The van der Waals surface area contributed by atoms with E-state index in [-0.39, 0.29) is 21.1 Å². The first-order valence-corrected chi connectivity index (χ1v) is 4.16. The van der Waals surface area contributed by atoms with Crippen molar-refractivity contribution in [3.8, 4) is 5.69 Å². The van der Waals surface area contributed by atoms with E-state index in [1.807, 2.05) is 0 Å². The molecule has 0 saturated carbocycles. The van der Waals surface area contributed by atoms with Crippen molar-refractivity contribution in [3.63, 3.8) is 0 Å². The van der Waals surface area contributed by atoms with Crippen molar-refractivity contribution in [2.45, 2.75) is 6.18 Å². The zero-order chi connectivity index (χ0) is 10.9. The summed E-state index contributed by atoms with van der Waals surface area (Å²) in [6, 6.07) is 7.46. The number of hydrogen-bond acceptors (Lipinski definition) is 1. The van der Waals surface area contributed by atoms with Crippen LogP contribution in [0.15, 0.2) is 36.7 Å². The van der Waals surface area contributed by atoms with Crippen LogP contribution < -0.4 is 0 Å². The Morgan fingerprint density at radius 3 is 2.44 bits per heavy atom. The summed E-state index contributed by atoms with van der Waals surface area (Å²) in [6.45, 7) is 0. The SMILES string of the molecule is FC(F)(F)c1c[c-]c(-n2cccn2)cc1.[Pt]. The second kappa shape index (κ2) is 4.83. The van der Waals surface area contributed by atoms with Crippen molar-refractivity contribution in [2.24, 2.45) is 0 Å². The van der Waals surface area contributed by atoms with Crippen LogP contribution >= 0.6 is 0 Å². The van der Waals surface area contributed by atoms with Crippen molar-refractivity contribution in [2.75, 3.05) is 0 Å². The Bertz CT molecular complexity index is 434. The van der Waals surface area contributed by atoms with E-state index in [1.54, 1.807) is 18.5 Å². The Labute approximate surface area is 104 Å². The van der Waals surface area contributed by atoms with Crippen LogP contribution in [0.2, 0.25) is 0 Å². The molecule has 2 nitrogen and oxygen atoms in total. The Morgan fingerprint density at radius 2 is 2.00 bits per heavy atom. The van der Waals surface area contributed by atoms with Crippen LogP contribution in [0.3, 0.4) is 0 Å². The Kier molecular flexibility index (Phi) is 3.92. The second-order valence-corrected chi connectivity index (χ2v) is 2.91. The van der Waals surface area contributed by atoms with Gasteiger partial charge in [-0.1, -0.05) is 5.56 Å². The number of rotatable bonds is 1. The first kappa shape index (κ1) is 13.0. The molecule has 0 aliphatic heterocycles. The fraction of sp³-hybridized carbons (Fsp3) is 0.100. The van der Waals surface area contributed by atoms with Crippen LogP contribution in [-0.4, -0.2) is 9.78 Å². The average Bonchev–Trinajstić information content (AvgIpc) is 2.69. The number of hydrogen-bond donors (Lipinski definition) is 0. The Morgan fingerprint density at radius 1 is 1.25 bits per heavy atom. The van der Waals surface area contributed by atoms with Gasteiger partial charge in [-0.05, 0) is 11.8 Å².